The zero-order chi connectivity index (χ0) is 12.8. The summed E-state index contributed by atoms with van der Waals surface area (Å²) in [7, 11) is 0. The molecule has 0 heterocycles. The van der Waals surface area contributed by atoms with Gasteiger partial charge in [-0.3, -0.25) is 0 Å². The minimum Gasteiger partial charge on any atom is -0.394 e. The van der Waals surface area contributed by atoms with Crippen molar-refractivity contribution in [1.29, 1.82) is 0 Å². The average Bonchev–Trinajstić information content (AvgIpc) is 2.30. The van der Waals surface area contributed by atoms with E-state index in [0.717, 1.165) is 18.9 Å². The van der Waals surface area contributed by atoms with Gasteiger partial charge in [0.05, 0.1) is 13.2 Å². The minimum atomic E-state index is 0.149. The molecule has 0 radical (unpaired) electrons. The lowest BCUT2D eigenvalue weighted by Crippen LogP contribution is -2.00. The Morgan fingerprint density at radius 1 is 0.765 bits per heavy atom. The molecule has 0 aliphatic heterocycles. The zero-order valence-electron chi connectivity index (χ0n) is 11.9. The average molecular weight is 244 g/mol. The Bertz CT molecular complexity index is 135. The van der Waals surface area contributed by atoms with Gasteiger partial charge in [0.25, 0.3) is 0 Å². The molecule has 0 saturated carbocycles. The van der Waals surface area contributed by atoms with Gasteiger partial charge in [0.1, 0.15) is 0 Å². The molecule has 0 fully saturated rings. The van der Waals surface area contributed by atoms with Gasteiger partial charge in [0.2, 0.25) is 0 Å². The van der Waals surface area contributed by atoms with E-state index in [0.29, 0.717) is 6.61 Å². The van der Waals surface area contributed by atoms with E-state index in [1.807, 2.05) is 0 Å². The van der Waals surface area contributed by atoms with Crippen LogP contribution >= 0.6 is 0 Å². The summed E-state index contributed by atoms with van der Waals surface area (Å²) in [4.78, 5) is 0. The molecule has 0 bridgehead atoms. The first kappa shape index (κ1) is 16.9. The van der Waals surface area contributed by atoms with Gasteiger partial charge in [-0.05, 0) is 12.3 Å². The van der Waals surface area contributed by atoms with Gasteiger partial charge in [0, 0.05) is 6.61 Å². The molecule has 0 saturated heterocycles. The highest BCUT2D eigenvalue weighted by Gasteiger charge is 1.95. The van der Waals surface area contributed by atoms with Crippen LogP contribution in [0.15, 0.2) is 0 Å². The van der Waals surface area contributed by atoms with E-state index in [1.54, 1.807) is 0 Å². The van der Waals surface area contributed by atoms with Gasteiger partial charge in [-0.15, -0.1) is 0 Å². The molecule has 2 nitrogen and oxygen atoms in total. The van der Waals surface area contributed by atoms with Crippen molar-refractivity contribution in [3.63, 3.8) is 0 Å². The fourth-order valence-electron chi connectivity index (χ4n) is 1.98. The predicted octanol–water partition coefficient (Wildman–Crippen LogP) is 4.16. The number of rotatable bonds is 13. The quantitative estimate of drug-likeness (QED) is 0.493. The largest absolute Gasteiger partial charge is 0.394 e. The lowest BCUT2D eigenvalue weighted by atomic mass is 10.0. The van der Waals surface area contributed by atoms with Crippen molar-refractivity contribution in [3.8, 4) is 0 Å². The molecule has 0 rings (SSSR count). The maximum atomic E-state index is 8.52. The van der Waals surface area contributed by atoms with Crippen molar-refractivity contribution >= 4 is 0 Å². The Kier molecular flexibility index (Phi) is 13.9. The van der Waals surface area contributed by atoms with Gasteiger partial charge < -0.3 is 9.84 Å². The molecule has 0 aromatic rings. The molecule has 0 aliphatic rings. The monoisotopic (exact) mass is 244 g/mol. The summed E-state index contributed by atoms with van der Waals surface area (Å²) in [5.41, 5.74) is 0. The van der Waals surface area contributed by atoms with Crippen LogP contribution in [0.5, 0.6) is 0 Å². The minimum absolute atomic E-state index is 0.149. The Hall–Kier alpha value is -0.0800. The summed E-state index contributed by atoms with van der Waals surface area (Å²) in [6, 6.07) is 0. The summed E-state index contributed by atoms with van der Waals surface area (Å²) in [5.74, 6) is 0.869. The summed E-state index contributed by atoms with van der Waals surface area (Å²) >= 11 is 0. The number of aliphatic hydroxyl groups is 1. The van der Waals surface area contributed by atoms with Crippen LogP contribution in [0.1, 0.15) is 71.6 Å². The molecule has 0 spiro atoms. The van der Waals surface area contributed by atoms with Gasteiger partial charge in [-0.1, -0.05) is 65.2 Å². The van der Waals surface area contributed by atoms with E-state index in [9.17, 15) is 0 Å². The number of hydrogen-bond donors (Lipinski definition) is 1. The number of ether oxygens (including phenoxy) is 1. The maximum absolute atomic E-state index is 8.52. The SMILES string of the molecule is CC(C)CCCCCCCCCCOCCO. The second-order valence-electron chi connectivity index (χ2n) is 5.35. The van der Waals surface area contributed by atoms with Gasteiger partial charge in [-0.2, -0.15) is 0 Å². The lowest BCUT2D eigenvalue weighted by molar-refractivity contribution is 0.0895. The maximum Gasteiger partial charge on any atom is 0.0697 e. The molecule has 2 heteroatoms. The molecule has 0 aromatic carbocycles. The second-order valence-corrected chi connectivity index (χ2v) is 5.35. The molecule has 1 N–H and O–H groups in total. The lowest BCUT2D eigenvalue weighted by Gasteiger charge is -2.05. The van der Waals surface area contributed by atoms with Crippen molar-refractivity contribution in [2.75, 3.05) is 19.8 Å². The summed E-state index contributed by atoms with van der Waals surface area (Å²) in [6.45, 7) is 6.07. The smallest absolute Gasteiger partial charge is 0.0697 e. The first-order valence-corrected chi connectivity index (χ1v) is 7.46. The Morgan fingerprint density at radius 2 is 1.29 bits per heavy atom. The van der Waals surface area contributed by atoms with Crippen LogP contribution < -0.4 is 0 Å². The van der Waals surface area contributed by atoms with Crippen molar-refractivity contribution in [1.82, 2.24) is 0 Å². The highest BCUT2D eigenvalue weighted by Crippen LogP contribution is 2.12. The number of unbranched alkanes of at least 4 members (excludes halogenated alkanes) is 7. The Morgan fingerprint density at radius 3 is 1.82 bits per heavy atom. The third kappa shape index (κ3) is 15.9. The fraction of sp³-hybridized carbons (Fsp3) is 1.00. The van der Waals surface area contributed by atoms with Gasteiger partial charge in [0.15, 0.2) is 0 Å². The topological polar surface area (TPSA) is 29.5 Å². The van der Waals surface area contributed by atoms with Crippen molar-refractivity contribution < 1.29 is 9.84 Å². The first-order valence-electron chi connectivity index (χ1n) is 7.46. The van der Waals surface area contributed by atoms with E-state index >= 15 is 0 Å². The van der Waals surface area contributed by atoms with E-state index < -0.39 is 0 Å². The fourth-order valence-corrected chi connectivity index (χ4v) is 1.98. The van der Waals surface area contributed by atoms with E-state index in [2.05, 4.69) is 13.8 Å². The van der Waals surface area contributed by atoms with E-state index in [4.69, 9.17) is 9.84 Å². The zero-order valence-corrected chi connectivity index (χ0v) is 11.9. The molecule has 0 amide bonds. The van der Waals surface area contributed by atoms with Crippen LogP contribution in [0.4, 0.5) is 0 Å². The normalized spacial score (nSPS) is 11.3. The van der Waals surface area contributed by atoms with Gasteiger partial charge in [-0.25, -0.2) is 0 Å². The molecule has 0 aromatic heterocycles. The Labute approximate surface area is 108 Å². The summed E-state index contributed by atoms with van der Waals surface area (Å²) < 4.78 is 5.21. The Balaban J connectivity index is 2.89. The van der Waals surface area contributed by atoms with E-state index in [1.165, 1.54) is 51.4 Å². The van der Waals surface area contributed by atoms with E-state index in [-0.39, 0.29) is 6.61 Å². The molecular weight excluding hydrogens is 212 g/mol. The molecule has 0 aliphatic carbocycles. The summed E-state index contributed by atoms with van der Waals surface area (Å²) in [6.07, 6.45) is 12.2. The number of aliphatic hydroxyl groups excluding tert-OH is 1. The third-order valence-corrected chi connectivity index (χ3v) is 3.06. The number of hydrogen-bond acceptors (Lipinski definition) is 2. The van der Waals surface area contributed by atoms with Crippen LogP contribution in [0.25, 0.3) is 0 Å². The van der Waals surface area contributed by atoms with Crippen molar-refractivity contribution in [2.24, 2.45) is 5.92 Å². The molecule has 104 valence electrons. The van der Waals surface area contributed by atoms with Crippen LogP contribution in [-0.4, -0.2) is 24.9 Å². The standard InChI is InChI=1S/C15H32O2/c1-15(2)11-9-7-5-3-4-6-8-10-13-17-14-12-16/h15-16H,3-14H2,1-2H3. The van der Waals surface area contributed by atoms with Crippen LogP contribution in [0.3, 0.4) is 0 Å². The predicted molar refractivity (Wildman–Crippen MR) is 74.3 cm³/mol. The van der Waals surface area contributed by atoms with Gasteiger partial charge >= 0.3 is 0 Å². The van der Waals surface area contributed by atoms with Crippen LogP contribution in [0.2, 0.25) is 0 Å². The van der Waals surface area contributed by atoms with Crippen LogP contribution in [0, 0.1) is 5.92 Å². The second kappa shape index (κ2) is 14.0. The molecular formula is C15H32O2. The van der Waals surface area contributed by atoms with Crippen molar-refractivity contribution in [2.45, 2.75) is 71.6 Å². The highest BCUT2D eigenvalue weighted by atomic mass is 16.5. The highest BCUT2D eigenvalue weighted by molar-refractivity contribution is 4.49. The third-order valence-electron chi connectivity index (χ3n) is 3.06. The summed E-state index contributed by atoms with van der Waals surface area (Å²) in [5, 5.41) is 8.52. The molecule has 0 atom stereocenters. The van der Waals surface area contributed by atoms with Crippen LogP contribution in [-0.2, 0) is 4.74 Å². The molecule has 17 heavy (non-hydrogen) atoms. The van der Waals surface area contributed by atoms with Crippen molar-refractivity contribution in [3.05, 3.63) is 0 Å². The first-order chi connectivity index (χ1) is 8.27. The molecule has 0 unspecified atom stereocenters.